The van der Waals surface area contributed by atoms with Crippen molar-refractivity contribution in [1.82, 2.24) is 5.32 Å². The summed E-state index contributed by atoms with van der Waals surface area (Å²) in [4.78, 5) is 28.9. The predicted octanol–water partition coefficient (Wildman–Crippen LogP) is 9.00. The molecule has 2 amide bonds. The Kier molecular flexibility index (Phi) is 15.6. The molecule has 0 atom stereocenters. The predicted molar refractivity (Wildman–Crippen MR) is 156 cm³/mol. The molecule has 0 aliphatic rings. The van der Waals surface area contributed by atoms with Gasteiger partial charge in [0.2, 0.25) is 0 Å². The number of ether oxygens (including phenoxy) is 1. The van der Waals surface area contributed by atoms with Crippen LogP contribution in [-0.2, 0) is 4.79 Å². The quantitative estimate of drug-likeness (QED) is 0.120. The maximum Gasteiger partial charge on any atom is 0.321 e. The van der Waals surface area contributed by atoms with Crippen molar-refractivity contribution < 1.29 is 14.3 Å². The highest BCUT2D eigenvalue weighted by atomic mass is 32.2. The van der Waals surface area contributed by atoms with E-state index in [4.69, 9.17) is 4.74 Å². The number of unbranched alkanes of at least 4 members (excludes halogenated alkanes) is 8. The number of hydrogen-bond donors (Lipinski definition) is 1. The Morgan fingerprint density at radius 3 is 2.14 bits per heavy atom. The van der Waals surface area contributed by atoms with E-state index in [1.807, 2.05) is 48.2 Å². The number of hydrogen-bond acceptors (Lipinski definition) is 4. The second-order valence-electron chi connectivity index (χ2n) is 9.51. The first kappa shape index (κ1) is 30.8. The number of rotatable bonds is 18. The van der Waals surface area contributed by atoms with Gasteiger partial charge in [-0.1, -0.05) is 90.0 Å². The summed E-state index contributed by atoms with van der Waals surface area (Å²) in [5, 5.41) is 3.15. The molecule has 37 heavy (non-hydrogen) atoms. The summed E-state index contributed by atoms with van der Waals surface area (Å²) in [5.74, 6) is 0.363. The molecule has 0 saturated heterocycles. The number of nitrogens with one attached hydrogen (secondary N) is 1. The minimum atomic E-state index is -0.204. The van der Waals surface area contributed by atoms with Gasteiger partial charge in [-0.25, -0.2) is 4.79 Å². The first-order valence-electron chi connectivity index (χ1n) is 14.2. The van der Waals surface area contributed by atoms with E-state index in [1.54, 1.807) is 11.8 Å². The molecule has 204 valence electrons. The lowest BCUT2D eigenvalue weighted by atomic mass is 10.1. The Balaban J connectivity index is 2.02. The molecule has 0 aromatic heterocycles. The number of esters is 1. The third kappa shape index (κ3) is 12.6. The van der Waals surface area contributed by atoms with Gasteiger partial charge in [0.15, 0.2) is 0 Å². The van der Waals surface area contributed by atoms with Crippen LogP contribution in [0.3, 0.4) is 0 Å². The number of amides is 2. The van der Waals surface area contributed by atoms with Crippen LogP contribution in [0.5, 0.6) is 5.75 Å². The van der Waals surface area contributed by atoms with Crippen molar-refractivity contribution in [2.24, 2.45) is 0 Å². The van der Waals surface area contributed by atoms with E-state index in [-0.39, 0.29) is 12.0 Å². The molecule has 0 heterocycles. The Morgan fingerprint density at radius 2 is 1.46 bits per heavy atom. The Bertz CT molecular complexity index is 917. The zero-order chi connectivity index (χ0) is 26.7. The van der Waals surface area contributed by atoms with Crippen molar-refractivity contribution in [2.45, 2.75) is 108 Å². The van der Waals surface area contributed by atoms with Crippen molar-refractivity contribution in [3.8, 4) is 5.75 Å². The lowest BCUT2D eigenvalue weighted by molar-refractivity contribution is -0.134. The summed E-state index contributed by atoms with van der Waals surface area (Å²) in [6, 6.07) is 15.8. The molecule has 0 aliphatic heterocycles. The molecule has 0 radical (unpaired) electrons. The number of nitrogens with zero attached hydrogens (tertiary/aromatic N) is 1. The van der Waals surface area contributed by atoms with Gasteiger partial charge in [-0.3, -0.25) is 9.69 Å². The zero-order valence-electron chi connectivity index (χ0n) is 23.1. The molecular weight excluding hydrogens is 480 g/mol. The average molecular weight is 527 g/mol. The van der Waals surface area contributed by atoms with Crippen molar-refractivity contribution in [3.63, 3.8) is 0 Å². The van der Waals surface area contributed by atoms with Gasteiger partial charge >= 0.3 is 12.0 Å². The van der Waals surface area contributed by atoms with Crippen molar-refractivity contribution in [3.05, 3.63) is 48.5 Å². The number of benzene rings is 2. The Labute approximate surface area is 228 Å². The second-order valence-corrected chi connectivity index (χ2v) is 10.7. The van der Waals surface area contributed by atoms with Crippen LogP contribution in [0.15, 0.2) is 58.3 Å². The van der Waals surface area contributed by atoms with Crippen molar-refractivity contribution in [2.75, 3.05) is 18.0 Å². The van der Waals surface area contributed by atoms with Crippen LogP contribution in [0.2, 0.25) is 0 Å². The highest BCUT2D eigenvalue weighted by molar-refractivity contribution is 7.99. The van der Waals surface area contributed by atoms with E-state index in [0.717, 1.165) is 60.7 Å². The molecule has 0 spiro atoms. The third-order valence-electron chi connectivity index (χ3n) is 6.16. The largest absolute Gasteiger partial charge is 0.427 e. The lowest BCUT2D eigenvalue weighted by Crippen LogP contribution is -2.41. The van der Waals surface area contributed by atoms with Crippen LogP contribution in [-0.4, -0.2) is 25.1 Å². The summed E-state index contributed by atoms with van der Waals surface area (Å²) in [7, 11) is 0. The smallest absolute Gasteiger partial charge is 0.321 e. The Morgan fingerprint density at radius 1 is 0.784 bits per heavy atom. The molecule has 2 aromatic rings. The highest BCUT2D eigenvalue weighted by Crippen LogP contribution is 2.32. The molecule has 0 aliphatic carbocycles. The van der Waals surface area contributed by atoms with Crippen molar-refractivity contribution >= 4 is 29.4 Å². The molecule has 1 N–H and O–H groups in total. The highest BCUT2D eigenvalue weighted by Gasteiger charge is 2.16. The van der Waals surface area contributed by atoms with E-state index < -0.39 is 0 Å². The van der Waals surface area contributed by atoms with Gasteiger partial charge in [-0.2, -0.15) is 0 Å². The van der Waals surface area contributed by atoms with E-state index in [0.29, 0.717) is 12.2 Å². The average Bonchev–Trinajstić information content (AvgIpc) is 2.89. The maximum absolute atomic E-state index is 13.2. The monoisotopic (exact) mass is 526 g/mol. The van der Waals surface area contributed by atoms with Crippen LogP contribution in [0.4, 0.5) is 10.5 Å². The van der Waals surface area contributed by atoms with E-state index in [1.165, 1.54) is 38.5 Å². The molecule has 0 fully saturated rings. The van der Waals surface area contributed by atoms with Gasteiger partial charge < -0.3 is 10.1 Å². The van der Waals surface area contributed by atoms with Crippen LogP contribution < -0.4 is 15.0 Å². The van der Waals surface area contributed by atoms with Crippen LogP contribution in [0.25, 0.3) is 0 Å². The number of carbonyl (C=O) groups excluding carboxylic acids is 2. The van der Waals surface area contributed by atoms with Crippen LogP contribution in [0.1, 0.15) is 97.8 Å². The first-order valence-corrected chi connectivity index (χ1v) is 15.0. The second kappa shape index (κ2) is 18.7. The molecule has 2 aromatic carbocycles. The van der Waals surface area contributed by atoms with Gasteiger partial charge in [0, 0.05) is 35.0 Å². The summed E-state index contributed by atoms with van der Waals surface area (Å²) in [6.07, 6.45) is 12.9. The van der Waals surface area contributed by atoms with Gasteiger partial charge in [0.05, 0.1) is 0 Å². The fourth-order valence-corrected chi connectivity index (χ4v) is 4.92. The normalized spacial score (nSPS) is 10.8. The summed E-state index contributed by atoms with van der Waals surface area (Å²) in [6.45, 7) is 7.83. The van der Waals surface area contributed by atoms with E-state index >= 15 is 0 Å². The SMILES string of the molecule is CCCCCCCNC(=O)N(CCCCCCC)c1cccc(Sc2ccc(OC(=O)CCC)cc2)c1. The summed E-state index contributed by atoms with van der Waals surface area (Å²) < 4.78 is 5.36. The molecule has 0 unspecified atom stereocenters. The number of urea groups is 1. The fraction of sp³-hybridized carbons (Fsp3) is 0.548. The van der Waals surface area contributed by atoms with Gasteiger partial charge in [-0.15, -0.1) is 0 Å². The van der Waals surface area contributed by atoms with Gasteiger partial charge in [0.1, 0.15) is 5.75 Å². The minimum absolute atomic E-state index is 0.00798. The zero-order valence-corrected chi connectivity index (χ0v) is 23.9. The topological polar surface area (TPSA) is 58.6 Å². The molecule has 5 nitrogen and oxygen atoms in total. The third-order valence-corrected chi connectivity index (χ3v) is 7.16. The first-order chi connectivity index (χ1) is 18.1. The number of anilines is 1. The van der Waals surface area contributed by atoms with E-state index in [9.17, 15) is 9.59 Å². The fourth-order valence-electron chi connectivity index (χ4n) is 4.05. The van der Waals surface area contributed by atoms with Crippen LogP contribution in [0, 0.1) is 0 Å². The van der Waals surface area contributed by atoms with E-state index in [2.05, 4.69) is 31.3 Å². The number of carbonyl (C=O) groups is 2. The summed E-state index contributed by atoms with van der Waals surface area (Å²) in [5.41, 5.74) is 0.925. The molecule has 2 rings (SSSR count). The molecule has 6 heteroatoms. The molecule has 0 bridgehead atoms. The maximum atomic E-state index is 13.2. The summed E-state index contributed by atoms with van der Waals surface area (Å²) >= 11 is 1.63. The Hall–Kier alpha value is -2.47. The minimum Gasteiger partial charge on any atom is -0.427 e. The standard InChI is InChI=1S/C31H46N2O3S/c1-4-7-9-11-13-23-32-31(35)33(24-14-12-10-8-5-2)26-17-15-18-29(25-26)37-28-21-19-27(20-22-28)36-30(34)16-6-3/h15,17-22,25H,4-14,16,23-24H2,1-3H3,(H,32,35). The van der Waals surface area contributed by atoms with Gasteiger partial charge in [0.25, 0.3) is 0 Å². The molecular formula is C31H46N2O3S. The lowest BCUT2D eigenvalue weighted by Gasteiger charge is -2.24. The van der Waals surface area contributed by atoms with Crippen LogP contribution >= 0.6 is 11.8 Å². The van der Waals surface area contributed by atoms with Gasteiger partial charge in [-0.05, 0) is 61.7 Å². The molecule has 0 saturated carbocycles. The van der Waals surface area contributed by atoms with Crippen molar-refractivity contribution in [1.29, 1.82) is 0 Å².